The van der Waals surface area contributed by atoms with Crippen LogP contribution in [0, 0.1) is 17.5 Å². The minimum Gasteiger partial charge on any atom is -0.486 e. The molecule has 15 heteroatoms. The molecule has 3 aromatic carbocycles. The van der Waals surface area contributed by atoms with Crippen molar-refractivity contribution in [2.45, 2.75) is 19.4 Å². The summed E-state index contributed by atoms with van der Waals surface area (Å²) in [7, 11) is 0. The molecule has 0 aliphatic heterocycles. The number of carbonyl (C=O) groups excluding carboxylic acids is 1. The quantitative estimate of drug-likeness (QED) is 0.166. The van der Waals surface area contributed by atoms with E-state index in [1.165, 1.54) is 12.1 Å². The zero-order valence-electron chi connectivity index (χ0n) is 21.4. The normalized spacial score (nSPS) is 12.0. The molecule has 1 unspecified atom stereocenters. The number of primary amides is 1. The summed E-state index contributed by atoms with van der Waals surface area (Å²) in [5, 5.41) is 0. The second kappa shape index (κ2) is 12.2. The molecular formula is C28H17BrF6N4O4. The Hall–Kier alpha value is -4.79. The number of carbonyl (C=O) groups is 1. The van der Waals surface area contributed by atoms with Crippen molar-refractivity contribution in [3.05, 3.63) is 94.5 Å². The van der Waals surface area contributed by atoms with Crippen LogP contribution in [0.25, 0.3) is 28.0 Å². The number of aromatic nitrogens is 3. The average Bonchev–Trinajstić information content (AvgIpc) is 3.25. The van der Waals surface area contributed by atoms with Crippen molar-refractivity contribution in [3.63, 3.8) is 0 Å². The van der Waals surface area contributed by atoms with Gasteiger partial charge in [0, 0.05) is 23.9 Å². The van der Waals surface area contributed by atoms with Crippen LogP contribution < -0.4 is 19.9 Å². The predicted octanol–water partition coefficient (Wildman–Crippen LogP) is 7.24. The molecule has 0 radical (unpaired) electrons. The Morgan fingerprint density at radius 3 is 2.28 bits per heavy atom. The molecule has 2 heterocycles. The average molecular weight is 667 g/mol. The van der Waals surface area contributed by atoms with Gasteiger partial charge in [-0.2, -0.15) is 9.37 Å². The SMILES string of the molecule is NC(=O)Oc1cc(F)c(-c2c(Br)c3ncnc(OC(F)C(F)F)c3n2-c2ccc(OCc3ccccc3)c(F)c2)c(F)c1. The van der Waals surface area contributed by atoms with Crippen molar-refractivity contribution < 1.29 is 45.3 Å². The summed E-state index contributed by atoms with van der Waals surface area (Å²) in [4.78, 5) is 18.9. The summed E-state index contributed by atoms with van der Waals surface area (Å²) in [6, 6.07) is 13.7. The minimum atomic E-state index is -3.57. The van der Waals surface area contributed by atoms with E-state index < -0.39 is 53.5 Å². The summed E-state index contributed by atoms with van der Waals surface area (Å²) in [6.45, 7) is 0.0217. The zero-order valence-corrected chi connectivity index (χ0v) is 23.0. The van der Waals surface area contributed by atoms with Crippen molar-refractivity contribution in [2.75, 3.05) is 0 Å². The molecule has 0 aliphatic rings. The van der Waals surface area contributed by atoms with Gasteiger partial charge in [-0.05, 0) is 33.6 Å². The lowest BCUT2D eigenvalue weighted by molar-refractivity contribution is -0.0683. The molecule has 2 aromatic heterocycles. The highest BCUT2D eigenvalue weighted by Crippen LogP contribution is 2.44. The van der Waals surface area contributed by atoms with Crippen molar-refractivity contribution in [1.82, 2.24) is 14.5 Å². The molecule has 2 N–H and O–H groups in total. The van der Waals surface area contributed by atoms with Crippen LogP contribution in [0.15, 0.2) is 71.5 Å². The second-order valence-corrected chi connectivity index (χ2v) is 9.54. The van der Waals surface area contributed by atoms with Crippen LogP contribution in [0.4, 0.5) is 31.1 Å². The number of hydrogen-bond donors (Lipinski definition) is 1. The molecule has 5 aromatic rings. The van der Waals surface area contributed by atoms with Gasteiger partial charge >= 0.3 is 12.5 Å². The van der Waals surface area contributed by atoms with Gasteiger partial charge < -0.3 is 24.5 Å². The van der Waals surface area contributed by atoms with E-state index in [2.05, 4.69) is 30.6 Å². The standard InChI is InChI=1S/C28H17BrF6N4O4/c29-21-22-24(27(38-12-37-22)43-26(35)25(33)34)39(23(21)20-17(31)9-15(10-18(20)32)42-28(36)40)14-6-7-19(16(30)8-14)41-11-13-4-2-1-3-5-13/h1-10,12,25-26H,11H2,(H2,36,40). The number of alkyl halides is 3. The first-order valence-electron chi connectivity index (χ1n) is 12.1. The molecule has 1 atom stereocenters. The Balaban J connectivity index is 1.71. The van der Waals surface area contributed by atoms with Crippen molar-refractivity contribution >= 4 is 33.1 Å². The zero-order chi connectivity index (χ0) is 30.8. The number of amides is 1. The van der Waals surface area contributed by atoms with Gasteiger partial charge in [0.25, 0.3) is 6.36 Å². The van der Waals surface area contributed by atoms with Gasteiger partial charge in [-0.1, -0.05) is 30.3 Å². The maximum Gasteiger partial charge on any atom is 0.409 e. The van der Waals surface area contributed by atoms with E-state index in [1.807, 2.05) is 0 Å². The Morgan fingerprint density at radius 2 is 1.65 bits per heavy atom. The van der Waals surface area contributed by atoms with Gasteiger partial charge in [0.2, 0.25) is 5.88 Å². The van der Waals surface area contributed by atoms with Crippen LogP contribution in [0.2, 0.25) is 0 Å². The van der Waals surface area contributed by atoms with E-state index in [4.69, 9.17) is 15.2 Å². The molecule has 0 fully saturated rings. The number of fused-ring (bicyclic) bond motifs is 1. The summed E-state index contributed by atoms with van der Waals surface area (Å²) in [5.74, 6) is -4.91. The van der Waals surface area contributed by atoms with Gasteiger partial charge in [-0.25, -0.2) is 31.7 Å². The van der Waals surface area contributed by atoms with Gasteiger partial charge in [0.05, 0.1) is 15.7 Å². The third-order valence-corrected chi connectivity index (χ3v) is 6.71. The summed E-state index contributed by atoms with van der Waals surface area (Å²) >= 11 is 3.21. The number of ether oxygens (including phenoxy) is 3. The number of nitrogens with zero attached hydrogens (tertiary/aromatic N) is 3. The Bertz CT molecular complexity index is 1800. The van der Waals surface area contributed by atoms with E-state index in [0.717, 1.165) is 22.5 Å². The molecule has 0 bridgehead atoms. The maximum absolute atomic E-state index is 15.4. The number of hydrogen-bond acceptors (Lipinski definition) is 6. The van der Waals surface area contributed by atoms with E-state index in [0.29, 0.717) is 12.1 Å². The molecule has 8 nitrogen and oxygen atoms in total. The molecule has 0 saturated heterocycles. The molecule has 0 saturated carbocycles. The predicted molar refractivity (Wildman–Crippen MR) is 144 cm³/mol. The first-order valence-corrected chi connectivity index (χ1v) is 12.9. The van der Waals surface area contributed by atoms with Gasteiger partial charge in [-0.3, -0.25) is 0 Å². The molecule has 5 rings (SSSR count). The van der Waals surface area contributed by atoms with Crippen molar-refractivity contribution in [1.29, 1.82) is 0 Å². The highest BCUT2D eigenvalue weighted by Gasteiger charge is 2.30. The lowest BCUT2D eigenvalue weighted by atomic mass is 10.1. The van der Waals surface area contributed by atoms with E-state index in [-0.39, 0.29) is 39.2 Å². The highest BCUT2D eigenvalue weighted by atomic mass is 79.9. The number of halogens is 7. The van der Waals surface area contributed by atoms with Crippen LogP contribution in [0.3, 0.4) is 0 Å². The van der Waals surface area contributed by atoms with E-state index in [1.54, 1.807) is 30.3 Å². The number of nitrogens with two attached hydrogens (primary N) is 1. The maximum atomic E-state index is 15.4. The van der Waals surface area contributed by atoms with Crippen LogP contribution in [0.1, 0.15) is 5.56 Å². The first-order chi connectivity index (χ1) is 20.5. The van der Waals surface area contributed by atoms with Gasteiger partial charge in [0.1, 0.15) is 41.4 Å². The van der Waals surface area contributed by atoms with Gasteiger partial charge in [-0.15, -0.1) is 0 Å². The van der Waals surface area contributed by atoms with Gasteiger partial charge in [0.15, 0.2) is 11.6 Å². The summed E-state index contributed by atoms with van der Waals surface area (Å²) in [6.07, 6.45) is -7.18. The number of rotatable bonds is 9. The van der Waals surface area contributed by atoms with Crippen molar-refractivity contribution in [2.24, 2.45) is 5.73 Å². The third kappa shape index (κ3) is 6.07. The summed E-state index contributed by atoms with van der Waals surface area (Å²) in [5.41, 5.74) is 3.97. The Morgan fingerprint density at radius 1 is 0.953 bits per heavy atom. The van der Waals surface area contributed by atoms with Crippen LogP contribution in [-0.4, -0.2) is 33.4 Å². The fourth-order valence-electron chi connectivity index (χ4n) is 4.20. The van der Waals surface area contributed by atoms with E-state index >= 15 is 13.2 Å². The Kier molecular flexibility index (Phi) is 8.43. The second-order valence-electron chi connectivity index (χ2n) is 8.75. The Labute approximate surface area is 246 Å². The molecule has 43 heavy (non-hydrogen) atoms. The third-order valence-electron chi connectivity index (χ3n) is 5.96. The lowest BCUT2D eigenvalue weighted by Crippen LogP contribution is -2.20. The largest absolute Gasteiger partial charge is 0.486 e. The minimum absolute atomic E-state index is 0.0217. The summed E-state index contributed by atoms with van der Waals surface area (Å²) < 4.78 is 102. The topological polar surface area (TPSA) is 101 Å². The van der Waals surface area contributed by atoms with Crippen LogP contribution in [0.5, 0.6) is 17.4 Å². The molecule has 0 aliphatic carbocycles. The lowest BCUT2D eigenvalue weighted by Gasteiger charge is -2.16. The van der Waals surface area contributed by atoms with Crippen LogP contribution >= 0.6 is 15.9 Å². The smallest absolute Gasteiger partial charge is 0.409 e. The van der Waals surface area contributed by atoms with Crippen LogP contribution in [-0.2, 0) is 6.61 Å². The fourth-order valence-corrected chi connectivity index (χ4v) is 4.87. The monoisotopic (exact) mass is 666 g/mol. The molecule has 0 spiro atoms. The highest BCUT2D eigenvalue weighted by molar-refractivity contribution is 9.10. The first kappa shape index (κ1) is 29.7. The number of benzene rings is 3. The fraction of sp³-hybridized carbons (Fsp3) is 0.107. The van der Waals surface area contributed by atoms with E-state index in [9.17, 15) is 18.0 Å². The molecule has 1 amide bonds. The molecule has 222 valence electrons. The van der Waals surface area contributed by atoms with Crippen molar-refractivity contribution in [3.8, 4) is 34.3 Å². The molecular weight excluding hydrogens is 650 g/mol.